The van der Waals surface area contributed by atoms with Crippen LogP contribution in [0.4, 0.5) is 4.79 Å². The third-order valence-electron chi connectivity index (χ3n) is 3.47. The summed E-state index contributed by atoms with van der Waals surface area (Å²) in [7, 11) is 0. The molecule has 2 N–H and O–H groups in total. The zero-order valence-corrected chi connectivity index (χ0v) is 12.4. The first-order chi connectivity index (χ1) is 8.41. The summed E-state index contributed by atoms with van der Waals surface area (Å²) >= 11 is 4.76. The van der Waals surface area contributed by atoms with Crippen molar-refractivity contribution in [2.75, 3.05) is 13.1 Å². The molecule has 0 aliphatic carbocycles. The molecule has 1 saturated heterocycles. The molecule has 1 unspecified atom stereocenters. The smallest absolute Gasteiger partial charge is 0.407 e. The Kier molecular flexibility index (Phi) is 3.93. The summed E-state index contributed by atoms with van der Waals surface area (Å²) in [6.07, 6.45) is 2.12. The van der Waals surface area contributed by atoms with Crippen LogP contribution in [0.25, 0.3) is 0 Å². The molecular formula is C11H15BrN2O3S. The first-order valence-corrected chi connectivity index (χ1v) is 7.34. The molecule has 100 valence electrons. The zero-order valence-electron chi connectivity index (χ0n) is 9.97. The van der Waals surface area contributed by atoms with Crippen LogP contribution < -0.4 is 0 Å². The molecule has 0 saturated carbocycles. The van der Waals surface area contributed by atoms with E-state index in [2.05, 4.69) is 20.9 Å². The molecule has 2 heterocycles. The summed E-state index contributed by atoms with van der Waals surface area (Å²) < 4.78 is 0.890. The minimum atomic E-state index is -0.985. The fourth-order valence-corrected chi connectivity index (χ4v) is 3.63. The van der Waals surface area contributed by atoms with E-state index >= 15 is 0 Å². The highest BCUT2D eigenvalue weighted by Gasteiger charge is 2.38. The van der Waals surface area contributed by atoms with Gasteiger partial charge in [-0.2, -0.15) is 0 Å². The molecule has 1 aliphatic heterocycles. The maximum atomic E-state index is 10.8. The normalized spacial score (nSPS) is 20.7. The second-order valence-corrected chi connectivity index (χ2v) is 7.07. The molecule has 0 radical (unpaired) electrons. The van der Waals surface area contributed by atoms with E-state index < -0.39 is 11.7 Å². The number of amides is 1. The van der Waals surface area contributed by atoms with Crippen molar-refractivity contribution in [3.05, 3.63) is 15.0 Å². The summed E-state index contributed by atoms with van der Waals surface area (Å²) in [5.41, 5.74) is -0.985. The number of thiazole rings is 1. The van der Waals surface area contributed by atoms with Crippen molar-refractivity contribution >= 4 is 33.4 Å². The highest BCUT2D eigenvalue weighted by Crippen LogP contribution is 2.38. The summed E-state index contributed by atoms with van der Waals surface area (Å²) in [5, 5.41) is 20.2. The van der Waals surface area contributed by atoms with Crippen molar-refractivity contribution in [2.45, 2.75) is 25.4 Å². The van der Waals surface area contributed by atoms with Crippen molar-refractivity contribution in [1.29, 1.82) is 0 Å². The van der Waals surface area contributed by atoms with Gasteiger partial charge >= 0.3 is 6.09 Å². The maximum Gasteiger partial charge on any atom is 0.407 e. The number of aliphatic hydroxyl groups is 1. The molecule has 7 heteroatoms. The average Bonchev–Trinajstić information content (AvgIpc) is 2.76. The van der Waals surface area contributed by atoms with Gasteiger partial charge < -0.3 is 15.1 Å². The quantitative estimate of drug-likeness (QED) is 0.871. The van der Waals surface area contributed by atoms with Gasteiger partial charge in [0.15, 0.2) is 0 Å². The standard InChI is InChI=1S/C11H15BrN2O3S/c1-11(17,9-13-6-8(12)18-9)7-2-4-14(5-3-7)10(15)16/h6-7,17H,2-5H2,1H3,(H,15,16). The van der Waals surface area contributed by atoms with E-state index in [-0.39, 0.29) is 5.92 Å². The highest BCUT2D eigenvalue weighted by atomic mass is 79.9. The highest BCUT2D eigenvalue weighted by molar-refractivity contribution is 9.11. The predicted molar refractivity (Wildman–Crippen MR) is 71.7 cm³/mol. The molecule has 1 aromatic heterocycles. The van der Waals surface area contributed by atoms with Gasteiger partial charge in [0.25, 0.3) is 0 Å². The Morgan fingerprint density at radius 1 is 1.61 bits per heavy atom. The van der Waals surface area contributed by atoms with Crippen LogP contribution in [0.1, 0.15) is 24.8 Å². The van der Waals surface area contributed by atoms with Gasteiger partial charge in [-0.15, -0.1) is 11.3 Å². The van der Waals surface area contributed by atoms with E-state index in [1.54, 1.807) is 13.1 Å². The lowest BCUT2D eigenvalue weighted by atomic mass is 9.82. The van der Waals surface area contributed by atoms with Gasteiger partial charge in [0.05, 0.1) is 9.98 Å². The van der Waals surface area contributed by atoms with Gasteiger partial charge in [-0.25, -0.2) is 9.78 Å². The van der Waals surface area contributed by atoms with Crippen LogP contribution in [0, 0.1) is 5.92 Å². The van der Waals surface area contributed by atoms with E-state index in [9.17, 15) is 9.90 Å². The lowest BCUT2D eigenvalue weighted by Crippen LogP contribution is -2.43. The van der Waals surface area contributed by atoms with Gasteiger partial charge in [-0.3, -0.25) is 0 Å². The SMILES string of the molecule is CC(O)(c1ncc(Br)s1)C1CCN(C(=O)O)CC1. The van der Waals surface area contributed by atoms with Gasteiger partial charge in [-0.05, 0) is 41.6 Å². The largest absolute Gasteiger partial charge is 0.465 e. The molecule has 1 amide bonds. The van der Waals surface area contributed by atoms with Crippen LogP contribution in [0.15, 0.2) is 9.98 Å². The number of piperidine rings is 1. The van der Waals surface area contributed by atoms with E-state index in [1.807, 2.05) is 0 Å². The monoisotopic (exact) mass is 334 g/mol. The lowest BCUT2D eigenvalue weighted by molar-refractivity contribution is -0.0310. The summed E-state index contributed by atoms with van der Waals surface area (Å²) in [5.74, 6) is 0.0474. The van der Waals surface area contributed by atoms with Crippen LogP contribution in [-0.4, -0.2) is 39.3 Å². The number of carboxylic acid groups (broad SMARTS) is 1. The van der Waals surface area contributed by atoms with Crippen LogP contribution in [0.5, 0.6) is 0 Å². The number of carbonyl (C=O) groups is 1. The predicted octanol–water partition coefficient (Wildman–Crippen LogP) is 2.50. The Balaban J connectivity index is 2.06. The molecule has 1 atom stereocenters. The van der Waals surface area contributed by atoms with Crippen LogP contribution in [0.2, 0.25) is 0 Å². The van der Waals surface area contributed by atoms with Crippen molar-refractivity contribution in [1.82, 2.24) is 9.88 Å². The van der Waals surface area contributed by atoms with Crippen molar-refractivity contribution in [3.8, 4) is 0 Å². The number of likely N-dealkylation sites (tertiary alicyclic amines) is 1. The fourth-order valence-electron chi connectivity index (χ4n) is 2.30. The number of halogens is 1. The molecule has 0 spiro atoms. The van der Waals surface area contributed by atoms with Crippen LogP contribution in [-0.2, 0) is 5.60 Å². The van der Waals surface area contributed by atoms with Gasteiger partial charge in [0.1, 0.15) is 10.6 Å². The first kappa shape index (κ1) is 13.8. The molecule has 1 fully saturated rings. The third kappa shape index (κ3) is 2.67. The Hall–Kier alpha value is -0.660. The molecule has 18 heavy (non-hydrogen) atoms. The average molecular weight is 335 g/mol. The molecular weight excluding hydrogens is 320 g/mol. The second kappa shape index (κ2) is 5.14. The van der Waals surface area contributed by atoms with Gasteiger partial charge in [0.2, 0.25) is 0 Å². The van der Waals surface area contributed by atoms with E-state index in [1.165, 1.54) is 16.2 Å². The number of hydrogen-bond donors (Lipinski definition) is 2. The molecule has 5 nitrogen and oxygen atoms in total. The van der Waals surface area contributed by atoms with Crippen LogP contribution >= 0.6 is 27.3 Å². The van der Waals surface area contributed by atoms with E-state index in [0.29, 0.717) is 30.9 Å². The summed E-state index contributed by atoms with van der Waals surface area (Å²) in [4.78, 5) is 16.4. The second-order valence-electron chi connectivity index (χ2n) is 4.66. The Bertz CT molecular complexity index is 441. The molecule has 0 aromatic carbocycles. The van der Waals surface area contributed by atoms with E-state index in [0.717, 1.165) is 3.79 Å². The number of nitrogens with zero attached hydrogens (tertiary/aromatic N) is 2. The minimum absolute atomic E-state index is 0.0474. The minimum Gasteiger partial charge on any atom is -0.465 e. The fraction of sp³-hybridized carbons (Fsp3) is 0.636. The summed E-state index contributed by atoms with van der Waals surface area (Å²) in [6.45, 7) is 2.71. The van der Waals surface area contributed by atoms with Crippen molar-refractivity contribution < 1.29 is 15.0 Å². The Morgan fingerprint density at radius 3 is 2.67 bits per heavy atom. The molecule has 1 aromatic rings. The first-order valence-electron chi connectivity index (χ1n) is 5.73. The topological polar surface area (TPSA) is 73.7 Å². The molecule has 2 rings (SSSR count). The summed E-state index contributed by atoms with van der Waals surface area (Å²) in [6, 6.07) is 0. The number of aromatic nitrogens is 1. The zero-order chi connectivity index (χ0) is 13.3. The van der Waals surface area contributed by atoms with E-state index in [4.69, 9.17) is 5.11 Å². The number of hydrogen-bond acceptors (Lipinski definition) is 4. The van der Waals surface area contributed by atoms with Gasteiger partial charge in [-0.1, -0.05) is 0 Å². The third-order valence-corrected chi connectivity index (χ3v) is 5.17. The Morgan fingerprint density at radius 2 is 2.22 bits per heavy atom. The van der Waals surface area contributed by atoms with Gasteiger partial charge in [0, 0.05) is 13.1 Å². The number of rotatable bonds is 2. The molecule has 0 bridgehead atoms. The van der Waals surface area contributed by atoms with Crippen LogP contribution in [0.3, 0.4) is 0 Å². The maximum absolute atomic E-state index is 10.8. The lowest BCUT2D eigenvalue weighted by Gasteiger charge is -2.37. The van der Waals surface area contributed by atoms with Crippen molar-refractivity contribution in [2.24, 2.45) is 5.92 Å². The Labute approximate surface area is 118 Å². The molecule has 1 aliphatic rings. The van der Waals surface area contributed by atoms with Crippen molar-refractivity contribution in [3.63, 3.8) is 0 Å².